The lowest BCUT2D eigenvalue weighted by Crippen LogP contribution is -2.48. The maximum Gasteiger partial charge on any atom is 0.490 e. The van der Waals surface area contributed by atoms with Gasteiger partial charge in [0.1, 0.15) is 0 Å². The fourth-order valence-corrected chi connectivity index (χ4v) is 1.53. The van der Waals surface area contributed by atoms with Crippen molar-refractivity contribution in [1.82, 2.24) is 5.32 Å². The van der Waals surface area contributed by atoms with Crippen LogP contribution in [0.4, 0.5) is 13.2 Å². The van der Waals surface area contributed by atoms with Crippen molar-refractivity contribution in [2.24, 2.45) is 0 Å². The van der Waals surface area contributed by atoms with Gasteiger partial charge in [0, 0.05) is 16.7 Å². The van der Waals surface area contributed by atoms with Crippen LogP contribution in [0, 0.1) is 3.57 Å². The minimum atomic E-state index is -5.08. The molecule has 20 heavy (non-hydrogen) atoms. The van der Waals surface area contributed by atoms with Crippen molar-refractivity contribution in [3.05, 3.63) is 33.4 Å². The molecule has 8 heteroatoms. The van der Waals surface area contributed by atoms with Crippen molar-refractivity contribution < 1.29 is 27.8 Å². The van der Waals surface area contributed by atoms with Crippen molar-refractivity contribution in [2.45, 2.75) is 18.9 Å². The first-order chi connectivity index (χ1) is 9.29. The predicted octanol–water partition coefficient (Wildman–Crippen LogP) is 2.41. The lowest BCUT2D eigenvalue weighted by Gasteiger charge is -2.27. The van der Waals surface area contributed by atoms with Crippen LogP contribution in [0.25, 0.3) is 0 Å². The molecule has 0 radical (unpaired) electrons. The van der Waals surface area contributed by atoms with E-state index in [1.807, 2.05) is 0 Å². The Labute approximate surface area is 127 Å². The second-order valence-corrected chi connectivity index (χ2v) is 5.27. The van der Waals surface area contributed by atoms with Crippen LogP contribution in [-0.2, 0) is 16.1 Å². The second-order valence-electron chi connectivity index (χ2n) is 4.02. The first-order valence-corrected chi connectivity index (χ1v) is 6.74. The predicted molar refractivity (Wildman–Crippen MR) is 74.3 cm³/mol. The number of carboxylic acid groups (broad SMARTS) is 1. The highest BCUT2D eigenvalue weighted by Crippen LogP contribution is 2.13. The Morgan fingerprint density at radius 1 is 1.35 bits per heavy atom. The summed E-state index contributed by atoms with van der Waals surface area (Å²) in [5.41, 5.74) is 1.26. The van der Waals surface area contributed by atoms with E-state index >= 15 is 0 Å². The number of carboxylic acids is 1. The molecule has 0 aliphatic carbocycles. The van der Waals surface area contributed by atoms with Gasteiger partial charge in [-0.1, -0.05) is 12.1 Å². The Kier molecular flexibility index (Phi) is 6.69. The Morgan fingerprint density at radius 3 is 2.20 bits per heavy atom. The molecule has 1 aromatic rings. The molecule has 1 aliphatic rings. The molecule has 2 rings (SSSR count). The zero-order valence-corrected chi connectivity index (χ0v) is 12.4. The quantitative estimate of drug-likeness (QED) is 0.762. The number of rotatable bonds is 3. The fraction of sp³-hybridized carbons (Fsp3) is 0.417. The monoisotopic (exact) mass is 403 g/mol. The van der Waals surface area contributed by atoms with E-state index in [0.29, 0.717) is 6.10 Å². The zero-order chi connectivity index (χ0) is 15.2. The Morgan fingerprint density at radius 2 is 1.85 bits per heavy atom. The molecule has 4 nitrogen and oxygen atoms in total. The van der Waals surface area contributed by atoms with Crippen molar-refractivity contribution in [3.8, 4) is 0 Å². The third-order valence-corrected chi connectivity index (χ3v) is 3.10. The van der Waals surface area contributed by atoms with Gasteiger partial charge in [0.25, 0.3) is 0 Å². The van der Waals surface area contributed by atoms with E-state index in [0.717, 1.165) is 19.7 Å². The fourth-order valence-electron chi connectivity index (χ4n) is 1.17. The summed E-state index contributed by atoms with van der Waals surface area (Å²) in [6.07, 6.45) is -4.65. The average molecular weight is 403 g/mol. The molecular formula is C12H13F3INO3. The smallest absolute Gasteiger partial charge is 0.475 e. The minimum absolute atomic E-state index is 0.430. The average Bonchev–Trinajstić information content (AvgIpc) is 2.29. The van der Waals surface area contributed by atoms with Crippen molar-refractivity contribution in [1.29, 1.82) is 0 Å². The summed E-state index contributed by atoms with van der Waals surface area (Å²) in [7, 11) is 0. The molecule has 1 fully saturated rings. The lowest BCUT2D eigenvalue weighted by atomic mass is 10.2. The normalized spacial score (nSPS) is 15.0. The van der Waals surface area contributed by atoms with Gasteiger partial charge >= 0.3 is 12.1 Å². The van der Waals surface area contributed by atoms with Crippen LogP contribution in [0.2, 0.25) is 0 Å². The highest BCUT2D eigenvalue weighted by Gasteiger charge is 2.38. The standard InChI is InChI=1S/C10H12INO.C2HF3O2/c11-9-3-1-8(2-4-9)7-13-10-5-12-6-10;3-2(4,5)1(6)7/h1-4,10,12H,5-7H2;(H,6,7). The van der Waals surface area contributed by atoms with Crippen LogP contribution < -0.4 is 5.32 Å². The molecule has 1 heterocycles. The van der Waals surface area contributed by atoms with Crippen LogP contribution in [0.3, 0.4) is 0 Å². The molecule has 0 amide bonds. The van der Waals surface area contributed by atoms with Crippen molar-refractivity contribution in [3.63, 3.8) is 0 Å². The zero-order valence-electron chi connectivity index (χ0n) is 10.3. The summed E-state index contributed by atoms with van der Waals surface area (Å²) >= 11 is 2.31. The van der Waals surface area contributed by atoms with Gasteiger partial charge in [0.05, 0.1) is 12.7 Å². The highest BCUT2D eigenvalue weighted by atomic mass is 127. The summed E-state index contributed by atoms with van der Waals surface area (Å²) in [5.74, 6) is -2.76. The van der Waals surface area contributed by atoms with Gasteiger partial charge in [0.2, 0.25) is 0 Å². The number of ether oxygens (including phenoxy) is 1. The van der Waals surface area contributed by atoms with Gasteiger partial charge in [0.15, 0.2) is 0 Å². The summed E-state index contributed by atoms with van der Waals surface area (Å²) in [6, 6.07) is 8.46. The number of benzene rings is 1. The van der Waals surface area contributed by atoms with E-state index in [1.54, 1.807) is 0 Å². The molecule has 0 atom stereocenters. The number of carbonyl (C=O) groups is 1. The number of nitrogens with one attached hydrogen (secondary N) is 1. The number of hydrogen-bond acceptors (Lipinski definition) is 3. The third kappa shape index (κ3) is 6.53. The van der Waals surface area contributed by atoms with Crippen molar-refractivity contribution >= 4 is 28.6 Å². The number of hydrogen-bond donors (Lipinski definition) is 2. The Bertz CT molecular complexity index is 433. The van der Waals surface area contributed by atoms with Crippen LogP contribution in [0.5, 0.6) is 0 Å². The van der Waals surface area contributed by atoms with E-state index in [1.165, 1.54) is 9.13 Å². The van der Waals surface area contributed by atoms with Crippen LogP contribution in [0.15, 0.2) is 24.3 Å². The topological polar surface area (TPSA) is 58.6 Å². The molecule has 0 bridgehead atoms. The molecule has 0 saturated carbocycles. The number of alkyl halides is 3. The third-order valence-electron chi connectivity index (χ3n) is 2.39. The van der Waals surface area contributed by atoms with Gasteiger partial charge in [-0.05, 0) is 40.3 Å². The van der Waals surface area contributed by atoms with E-state index < -0.39 is 12.1 Å². The molecule has 2 N–H and O–H groups in total. The Balaban J connectivity index is 0.000000246. The van der Waals surface area contributed by atoms with Gasteiger partial charge < -0.3 is 15.2 Å². The molecule has 1 saturated heterocycles. The minimum Gasteiger partial charge on any atom is -0.475 e. The number of halogens is 4. The number of aliphatic carboxylic acids is 1. The van der Waals surface area contributed by atoms with Gasteiger partial charge in [-0.15, -0.1) is 0 Å². The highest BCUT2D eigenvalue weighted by molar-refractivity contribution is 14.1. The van der Waals surface area contributed by atoms with Gasteiger partial charge in [-0.25, -0.2) is 4.79 Å². The molecule has 1 aliphatic heterocycles. The molecule has 0 aromatic heterocycles. The lowest BCUT2D eigenvalue weighted by molar-refractivity contribution is -0.192. The van der Waals surface area contributed by atoms with E-state index in [-0.39, 0.29) is 0 Å². The summed E-state index contributed by atoms with van der Waals surface area (Å²) < 4.78 is 38.6. The van der Waals surface area contributed by atoms with Crippen LogP contribution in [0.1, 0.15) is 5.56 Å². The van der Waals surface area contributed by atoms with E-state index in [2.05, 4.69) is 52.2 Å². The Hall–Kier alpha value is -0.870. The van der Waals surface area contributed by atoms with E-state index in [4.69, 9.17) is 14.6 Å². The molecule has 1 aromatic carbocycles. The molecule has 0 unspecified atom stereocenters. The largest absolute Gasteiger partial charge is 0.490 e. The van der Waals surface area contributed by atoms with Gasteiger partial charge in [-0.2, -0.15) is 13.2 Å². The first-order valence-electron chi connectivity index (χ1n) is 5.66. The van der Waals surface area contributed by atoms with Crippen LogP contribution >= 0.6 is 22.6 Å². The van der Waals surface area contributed by atoms with Crippen molar-refractivity contribution in [2.75, 3.05) is 13.1 Å². The molecule has 0 spiro atoms. The van der Waals surface area contributed by atoms with E-state index in [9.17, 15) is 13.2 Å². The summed E-state index contributed by atoms with van der Waals surface area (Å²) in [4.78, 5) is 8.90. The molecular weight excluding hydrogens is 390 g/mol. The van der Waals surface area contributed by atoms with Crippen LogP contribution in [-0.4, -0.2) is 36.4 Å². The maximum atomic E-state index is 10.6. The van der Waals surface area contributed by atoms with Gasteiger partial charge in [-0.3, -0.25) is 0 Å². The summed E-state index contributed by atoms with van der Waals surface area (Å²) in [5, 5.41) is 10.3. The second kappa shape index (κ2) is 7.79. The first kappa shape index (κ1) is 17.2. The summed E-state index contributed by atoms with van der Waals surface area (Å²) in [6.45, 7) is 2.75. The maximum absolute atomic E-state index is 10.6. The molecule has 112 valence electrons. The SMILES string of the molecule is Ic1ccc(COC2CNC2)cc1.O=C(O)C(F)(F)F.